The highest BCUT2D eigenvalue weighted by Gasteiger charge is 2.15. The van der Waals surface area contributed by atoms with E-state index in [0.717, 1.165) is 63.7 Å². The Morgan fingerprint density at radius 3 is 1.96 bits per heavy atom. The molecule has 0 aromatic heterocycles. The number of aryl methyl sites for hydroxylation is 1. The molecule has 0 spiro atoms. The van der Waals surface area contributed by atoms with Crippen LogP contribution in [0.5, 0.6) is 0 Å². The van der Waals surface area contributed by atoms with Gasteiger partial charge in [0, 0.05) is 34.6 Å². The zero-order valence-corrected chi connectivity index (χ0v) is 27.7. The Morgan fingerprint density at radius 1 is 0.750 bits per heavy atom. The zero-order valence-electron chi connectivity index (χ0n) is 27.7. The van der Waals surface area contributed by atoms with E-state index in [-0.39, 0.29) is 0 Å². The van der Waals surface area contributed by atoms with E-state index in [1.165, 1.54) is 11.1 Å². The van der Waals surface area contributed by atoms with Crippen LogP contribution in [0.3, 0.4) is 0 Å². The van der Waals surface area contributed by atoms with Gasteiger partial charge in [0.2, 0.25) is 0 Å². The molecule has 1 aliphatic carbocycles. The molecule has 0 unspecified atom stereocenters. The summed E-state index contributed by atoms with van der Waals surface area (Å²) in [6, 6.07) is 34.2. The Hall–Kier alpha value is -6.06. The predicted molar refractivity (Wildman–Crippen MR) is 210 cm³/mol. The fourth-order valence-electron chi connectivity index (χ4n) is 5.74. The molecule has 3 nitrogen and oxygen atoms in total. The van der Waals surface area contributed by atoms with E-state index >= 15 is 0 Å². The molecular formula is C45H43N3. The number of hydrogen-bond acceptors (Lipinski definition) is 3. The lowest BCUT2D eigenvalue weighted by Gasteiger charge is -2.27. The highest BCUT2D eigenvalue weighted by atomic mass is 15.2. The molecule has 2 N–H and O–H groups in total. The van der Waals surface area contributed by atoms with Crippen molar-refractivity contribution in [1.82, 2.24) is 0 Å². The maximum absolute atomic E-state index is 6.18. The van der Waals surface area contributed by atoms with Gasteiger partial charge in [0.25, 0.3) is 0 Å². The molecule has 0 radical (unpaired) electrons. The van der Waals surface area contributed by atoms with Crippen molar-refractivity contribution in [2.75, 3.05) is 9.80 Å². The van der Waals surface area contributed by atoms with Gasteiger partial charge in [0.05, 0.1) is 5.70 Å². The number of para-hydroxylation sites is 1. The second-order valence-corrected chi connectivity index (χ2v) is 11.3. The van der Waals surface area contributed by atoms with Gasteiger partial charge in [-0.3, -0.25) is 0 Å². The van der Waals surface area contributed by atoms with Crippen LogP contribution >= 0.6 is 0 Å². The third kappa shape index (κ3) is 8.01. The summed E-state index contributed by atoms with van der Waals surface area (Å²) < 4.78 is 0. The molecule has 1 aliphatic rings. The lowest BCUT2D eigenvalue weighted by molar-refractivity contribution is 1.11. The van der Waals surface area contributed by atoms with Crippen LogP contribution in [0.1, 0.15) is 35.6 Å². The van der Waals surface area contributed by atoms with Crippen LogP contribution in [0.2, 0.25) is 0 Å². The number of nitrogens with two attached hydrogens (primary N) is 1. The zero-order chi connectivity index (χ0) is 33.7. The molecule has 48 heavy (non-hydrogen) atoms. The van der Waals surface area contributed by atoms with Gasteiger partial charge in [-0.05, 0) is 107 Å². The van der Waals surface area contributed by atoms with Crippen molar-refractivity contribution in [2.45, 2.75) is 19.8 Å². The van der Waals surface area contributed by atoms with Crippen LogP contribution in [0.15, 0.2) is 189 Å². The Labute approximate surface area is 286 Å². The third-order valence-corrected chi connectivity index (χ3v) is 8.20. The Morgan fingerprint density at radius 2 is 1.40 bits per heavy atom. The molecular weight excluding hydrogens is 583 g/mol. The topological polar surface area (TPSA) is 32.5 Å². The van der Waals surface area contributed by atoms with E-state index in [2.05, 4.69) is 164 Å². The number of allylic oxidation sites excluding steroid dienone is 9. The monoisotopic (exact) mass is 625 g/mol. The van der Waals surface area contributed by atoms with Gasteiger partial charge in [-0.25, -0.2) is 0 Å². The van der Waals surface area contributed by atoms with Crippen molar-refractivity contribution in [3.8, 4) is 0 Å². The van der Waals surface area contributed by atoms with Gasteiger partial charge in [-0.1, -0.05) is 124 Å². The molecule has 0 atom stereocenters. The smallest absolute Gasteiger partial charge is 0.0619 e. The van der Waals surface area contributed by atoms with Gasteiger partial charge in [-0.2, -0.15) is 0 Å². The van der Waals surface area contributed by atoms with Crippen LogP contribution in [0.25, 0.3) is 18.2 Å². The first kappa shape index (κ1) is 33.3. The Bertz CT molecular complexity index is 1910. The molecule has 0 saturated carbocycles. The summed E-state index contributed by atoms with van der Waals surface area (Å²) in [5.41, 5.74) is 18.0. The second kappa shape index (κ2) is 16.5. The molecule has 0 fully saturated rings. The number of rotatable bonds is 13. The van der Waals surface area contributed by atoms with Crippen molar-refractivity contribution in [2.24, 2.45) is 5.73 Å². The van der Waals surface area contributed by atoms with Gasteiger partial charge in [0.15, 0.2) is 0 Å². The maximum atomic E-state index is 6.18. The first-order valence-electron chi connectivity index (χ1n) is 16.3. The largest absolute Gasteiger partial charge is 0.403 e. The van der Waals surface area contributed by atoms with E-state index in [1.807, 2.05) is 30.4 Å². The van der Waals surface area contributed by atoms with Gasteiger partial charge in [0.1, 0.15) is 0 Å². The molecule has 0 saturated heterocycles. The predicted octanol–water partition coefficient (Wildman–Crippen LogP) is 11.8. The molecule has 238 valence electrons. The standard InChI is InChI=1S/C45H43N3/c1-5-15-40(8-4)47(45(34-46)32-37-16-11-9-12-17-37)42-27-22-35(23-28-42)20-21-36-24-29-43(30-25-36)48(41-18-13-10-14-19-41)44-31-26-38(6-2)39(7-3)33-44/h5,7-16,18-34H,1,3-4,6,17,46H2,2H3/b21-20+,37-32-,40-15+,45-34+. The van der Waals surface area contributed by atoms with Crippen LogP contribution in [-0.4, -0.2) is 0 Å². The molecule has 0 heterocycles. The number of anilines is 4. The van der Waals surface area contributed by atoms with Crippen molar-refractivity contribution in [3.05, 3.63) is 211 Å². The fourth-order valence-corrected chi connectivity index (χ4v) is 5.74. The molecule has 5 rings (SSSR count). The van der Waals surface area contributed by atoms with E-state index in [9.17, 15) is 0 Å². The SMILES string of the molecule is C=C/C=C(\C=C)N(C(/C=C1/C=CC=CC1)=C/N)c1ccc(/C=C/c2ccc(N(c3ccccc3)c3ccc(CC)c(C=C)c3)cc2)cc1. The minimum absolute atomic E-state index is 0.855. The van der Waals surface area contributed by atoms with Crippen LogP contribution in [0.4, 0.5) is 22.7 Å². The molecule has 4 aromatic carbocycles. The van der Waals surface area contributed by atoms with Crippen LogP contribution in [0, 0.1) is 0 Å². The lowest BCUT2D eigenvalue weighted by Crippen LogP contribution is -2.21. The van der Waals surface area contributed by atoms with Crippen molar-refractivity contribution >= 4 is 41.0 Å². The lowest BCUT2D eigenvalue weighted by atomic mass is 10.0. The number of benzene rings is 4. The van der Waals surface area contributed by atoms with Crippen molar-refractivity contribution in [3.63, 3.8) is 0 Å². The quantitative estimate of drug-likeness (QED) is 0.118. The second-order valence-electron chi connectivity index (χ2n) is 11.3. The molecule has 3 heteroatoms. The van der Waals surface area contributed by atoms with E-state index in [0.29, 0.717) is 0 Å². The van der Waals surface area contributed by atoms with Gasteiger partial charge in [-0.15, -0.1) is 0 Å². The summed E-state index contributed by atoms with van der Waals surface area (Å²) >= 11 is 0. The first-order valence-corrected chi connectivity index (χ1v) is 16.3. The minimum Gasteiger partial charge on any atom is -0.403 e. The summed E-state index contributed by atoms with van der Waals surface area (Å²) in [5, 5.41) is 0. The number of hydrogen-bond donors (Lipinski definition) is 1. The molecule has 4 aromatic rings. The summed E-state index contributed by atoms with van der Waals surface area (Å²) in [6.45, 7) is 14.2. The number of nitrogens with zero attached hydrogens (tertiary/aromatic N) is 2. The third-order valence-electron chi connectivity index (χ3n) is 8.20. The highest BCUT2D eigenvalue weighted by molar-refractivity contribution is 5.80. The van der Waals surface area contributed by atoms with Crippen LogP contribution < -0.4 is 15.5 Å². The average Bonchev–Trinajstić information content (AvgIpc) is 3.15. The van der Waals surface area contributed by atoms with Crippen molar-refractivity contribution in [1.29, 1.82) is 0 Å². The van der Waals surface area contributed by atoms with Gasteiger partial charge < -0.3 is 15.5 Å². The van der Waals surface area contributed by atoms with E-state index in [4.69, 9.17) is 5.73 Å². The molecule has 0 aliphatic heterocycles. The normalized spacial score (nSPS) is 13.9. The molecule has 0 amide bonds. The fraction of sp³-hybridized carbons (Fsp3) is 0.0667. The first-order chi connectivity index (χ1) is 23.6. The Balaban J connectivity index is 1.39. The summed E-state index contributed by atoms with van der Waals surface area (Å²) in [7, 11) is 0. The Kier molecular flexibility index (Phi) is 11.4. The maximum Gasteiger partial charge on any atom is 0.0619 e. The minimum atomic E-state index is 0.855. The summed E-state index contributed by atoms with van der Waals surface area (Å²) in [6.07, 6.45) is 25.6. The van der Waals surface area contributed by atoms with E-state index in [1.54, 1.807) is 12.3 Å². The molecule has 0 bridgehead atoms. The van der Waals surface area contributed by atoms with Crippen molar-refractivity contribution < 1.29 is 0 Å². The summed E-state index contributed by atoms with van der Waals surface area (Å²) in [4.78, 5) is 4.37. The van der Waals surface area contributed by atoms with E-state index < -0.39 is 0 Å². The van der Waals surface area contributed by atoms with Gasteiger partial charge >= 0.3 is 0 Å². The van der Waals surface area contributed by atoms with Crippen LogP contribution in [-0.2, 0) is 6.42 Å². The average molecular weight is 626 g/mol. The summed E-state index contributed by atoms with van der Waals surface area (Å²) in [5.74, 6) is 0. The highest BCUT2D eigenvalue weighted by Crippen LogP contribution is 2.36.